The van der Waals surface area contributed by atoms with E-state index in [-0.39, 0.29) is 17.1 Å². The topological polar surface area (TPSA) is 63.6 Å². The van der Waals surface area contributed by atoms with Crippen LogP contribution < -0.4 is 4.74 Å². The van der Waals surface area contributed by atoms with Crippen LogP contribution in [0.15, 0.2) is 84.9 Å². The number of phenols is 1. The monoisotopic (exact) mass is 406 g/mol. The molecule has 0 aromatic heterocycles. The van der Waals surface area contributed by atoms with Crippen LogP contribution in [0.4, 0.5) is 0 Å². The summed E-state index contributed by atoms with van der Waals surface area (Å²) >= 11 is 0. The highest BCUT2D eigenvalue weighted by molar-refractivity contribution is 6.29. The minimum Gasteiger partial charge on any atom is -0.507 e. The maximum Gasteiger partial charge on any atom is 0.338 e. The Morgan fingerprint density at radius 2 is 1.39 bits per heavy atom. The predicted octanol–water partition coefficient (Wildman–Crippen LogP) is 6.00. The molecule has 5 aromatic carbocycles. The summed E-state index contributed by atoms with van der Waals surface area (Å²) in [5.74, 6) is -0.324. The molecule has 4 heteroatoms. The van der Waals surface area contributed by atoms with Crippen LogP contribution in [0.1, 0.15) is 22.8 Å². The van der Waals surface area contributed by atoms with E-state index in [1.54, 1.807) is 37.3 Å². The second-order valence-corrected chi connectivity index (χ2v) is 7.62. The third-order valence-corrected chi connectivity index (χ3v) is 5.57. The molecule has 1 N–H and O–H groups in total. The Morgan fingerprint density at radius 3 is 2.10 bits per heavy atom. The van der Waals surface area contributed by atoms with Gasteiger partial charge in [-0.1, -0.05) is 49.0 Å². The lowest BCUT2D eigenvalue weighted by molar-refractivity contribution is -0.129. The fraction of sp³-hybridized carbons (Fsp3) is 0.0370. The third kappa shape index (κ3) is 2.92. The summed E-state index contributed by atoms with van der Waals surface area (Å²) in [7, 11) is 0. The van der Waals surface area contributed by atoms with Crippen molar-refractivity contribution in [2.45, 2.75) is 6.92 Å². The normalized spacial score (nSPS) is 11.3. The molecule has 0 saturated carbocycles. The number of hydrogen-bond donors (Lipinski definition) is 1. The zero-order valence-corrected chi connectivity index (χ0v) is 16.8. The molecule has 0 aliphatic rings. The van der Waals surface area contributed by atoms with E-state index >= 15 is 0 Å². The average Bonchev–Trinajstić information content (AvgIpc) is 2.78. The lowest BCUT2D eigenvalue weighted by Crippen LogP contribution is -2.08. The van der Waals surface area contributed by atoms with Gasteiger partial charge in [-0.15, -0.1) is 0 Å². The van der Waals surface area contributed by atoms with E-state index in [1.165, 1.54) is 6.07 Å². The molecule has 0 bridgehead atoms. The van der Waals surface area contributed by atoms with Crippen molar-refractivity contribution in [1.82, 2.24) is 0 Å². The summed E-state index contributed by atoms with van der Waals surface area (Å²) in [4.78, 5) is 25.4. The number of carbonyl (C=O) groups excluding carboxylic acids is 2. The maximum absolute atomic E-state index is 13.3. The van der Waals surface area contributed by atoms with Crippen molar-refractivity contribution >= 4 is 44.1 Å². The van der Waals surface area contributed by atoms with Crippen molar-refractivity contribution in [3.63, 3.8) is 0 Å². The summed E-state index contributed by atoms with van der Waals surface area (Å²) < 4.78 is 5.56. The molecular formula is C27H18O4. The van der Waals surface area contributed by atoms with Crippen LogP contribution in [-0.2, 0) is 4.79 Å². The van der Waals surface area contributed by atoms with Gasteiger partial charge in [-0.2, -0.15) is 0 Å². The fourth-order valence-electron chi connectivity index (χ4n) is 4.06. The van der Waals surface area contributed by atoms with E-state index in [1.807, 2.05) is 36.4 Å². The van der Waals surface area contributed by atoms with Crippen LogP contribution in [0, 0.1) is 0 Å². The molecule has 31 heavy (non-hydrogen) atoms. The summed E-state index contributed by atoms with van der Waals surface area (Å²) in [6.07, 6.45) is 0. The van der Waals surface area contributed by atoms with E-state index in [0.717, 1.165) is 32.3 Å². The molecule has 0 atom stereocenters. The lowest BCUT2D eigenvalue weighted by atomic mass is 9.89. The molecule has 150 valence electrons. The van der Waals surface area contributed by atoms with Gasteiger partial charge in [0.1, 0.15) is 11.5 Å². The number of hydrogen-bond acceptors (Lipinski definition) is 4. The Labute approximate surface area is 178 Å². The Balaban J connectivity index is 1.79. The molecule has 5 rings (SSSR count). The first-order valence-electron chi connectivity index (χ1n) is 9.86. The molecule has 0 fully saturated rings. The molecule has 0 aliphatic carbocycles. The summed E-state index contributed by atoms with van der Waals surface area (Å²) in [5, 5.41) is 15.6. The van der Waals surface area contributed by atoms with E-state index in [2.05, 4.69) is 6.58 Å². The predicted molar refractivity (Wildman–Crippen MR) is 122 cm³/mol. The van der Waals surface area contributed by atoms with E-state index in [0.29, 0.717) is 16.9 Å². The molecular weight excluding hydrogens is 388 g/mol. The first-order chi connectivity index (χ1) is 15.0. The molecule has 4 nitrogen and oxygen atoms in total. The highest BCUT2D eigenvalue weighted by Gasteiger charge is 2.20. The Kier molecular flexibility index (Phi) is 4.22. The SMILES string of the molecule is C=C(C)C(=O)Oc1ccc2ccc3c(C(=O)c4ccccc4O)ccc4ccc1c2c43. The van der Waals surface area contributed by atoms with Gasteiger partial charge < -0.3 is 9.84 Å². The van der Waals surface area contributed by atoms with Crippen molar-refractivity contribution in [1.29, 1.82) is 0 Å². The number of para-hydroxylation sites is 1. The van der Waals surface area contributed by atoms with Gasteiger partial charge >= 0.3 is 5.97 Å². The van der Waals surface area contributed by atoms with Gasteiger partial charge in [-0.05, 0) is 58.8 Å². The van der Waals surface area contributed by atoms with Crippen molar-refractivity contribution in [3.05, 3.63) is 96.1 Å². The van der Waals surface area contributed by atoms with Gasteiger partial charge in [0, 0.05) is 21.9 Å². The lowest BCUT2D eigenvalue weighted by Gasteiger charge is -2.16. The zero-order chi connectivity index (χ0) is 21.7. The first-order valence-corrected chi connectivity index (χ1v) is 9.86. The smallest absolute Gasteiger partial charge is 0.338 e. The van der Waals surface area contributed by atoms with Gasteiger partial charge in [-0.3, -0.25) is 4.79 Å². The number of carbonyl (C=O) groups is 2. The number of phenolic OH excluding ortho intramolecular Hbond substituents is 1. The Hall–Kier alpha value is -4.18. The van der Waals surface area contributed by atoms with E-state index < -0.39 is 5.97 Å². The maximum atomic E-state index is 13.3. The Morgan fingerprint density at radius 1 is 0.774 bits per heavy atom. The highest BCUT2D eigenvalue weighted by Crippen LogP contribution is 2.40. The number of benzene rings is 5. The summed E-state index contributed by atoms with van der Waals surface area (Å²) in [6.45, 7) is 5.25. The molecule has 0 radical (unpaired) electrons. The second kappa shape index (κ2) is 6.96. The minimum absolute atomic E-state index is 0.0489. The van der Waals surface area contributed by atoms with E-state index in [9.17, 15) is 14.7 Å². The number of ketones is 1. The van der Waals surface area contributed by atoms with Crippen LogP contribution in [0.3, 0.4) is 0 Å². The standard InChI is InChI=1S/C27H18O4/c1-15(2)27(30)31-23-14-10-17-7-11-18-19(26(29)20-5-3-4-6-22(20)28)12-8-16-9-13-21(23)25(17)24(16)18/h3-14,28H,1H2,2H3. The summed E-state index contributed by atoms with van der Waals surface area (Å²) in [6, 6.07) is 21.7. The first kappa shape index (κ1) is 18.8. The number of esters is 1. The number of rotatable bonds is 4. The zero-order valence-electron chi connectivity index (χ0n) is 16.8. The largest absolute Gasteiger partial charge is 0.507 e. The second-order valence-electron chi connectivity index (χ2n) is 7.62. The van der Waals surface area contributed by atoms with Crippen LogP contribution in [0.2, 0.25) is 0 Å². The van der Waals surface area contributed by atoms with Crippen molar-refractivity contribution in [3.8, 4) is 11.5 Å². The number of aromatic hydroxyl groups is 1. The molecule has 0 saturated heterocycles. The fourth-order valence-corrected chi connectivity index (χ4v) is 4.06. The van der Waals surface area contributed by atoms with Crippen molar-refractivity contribution < 1.29 is 19.4 Å². The van der Waals surface area contributed by atoms with Gasteiger partial charge in [0.15, 0.2) is 5.78 Å². The molecule has 0 amide bonds. The van der Waals surface area contributed by atoms with Crippen LogP contribution >= 0.6 is 0 Å². The van der Waals surface area contributed by atoms with Crippen molar-refractivity contribution in [2.24, 2.45) is 0 Å². The minimum atomic E-state index is -0.481. The van der Waals surface area contributed by atoms with Crippen LogP contribution in [-0.4, -0.2) is 16.9 Å². The Bertz CT molecular complexity index is 1530. The average molecular weight is 406 g/mol. The van der Waals surface area contributed by atoms with E-state index in [4.69, 9.17) is 4.74 Å². The van der Waals surface area contributed by atoms with Crippen LogP contribution in [0.5, 0.6) is 11.5 Å². The van der Waals surface area contributed by atoms with Crippen molar-refractivity contribution in [2.75, 3.05) is 0 Å². The molecule has 0 unspecified atom stereocenters. The molecule has 0 spiro atoms. The molecule has 0 heterocycles. The van der Waals surface area contributed by atoms with Crippen LogP contribution in [0.25, 0.3) is 32.3 Å². The van der Waals surface area contributed by atoms with Gasteiger partial charge in [0.05, 0.1) is 5.56 Å². The summed E-state index contributed by atoms with van der Waals surface area (Å²) in [5.41, 5.74) is 1.09. The quantitative estimate of drug-likeness (QED) is 0.131. The third-order valence-electron chi connectivity index (χ3n) is 5.57. The van der Waals surface area contributed by atoms with Gasteiger partial charge in [0.2, 0.25) is 0 Å². The molecule has 0 aliphatic heterocycles. The highest BCUT2D eigenvalue weighted by atomic mass is 16.5. The van der Waals surface area contributed by atoms with Gasteiger partial charge in [-0.25, -0.2) is 4.79 Å². The molecule has 5 aromatic rings. The van der Waals surface area contributed by atoms with Gasteiger partial charge in [0.25, 0.3) is 0 Å². The number of ether oxygens (including phenoxy) is 1.